The molecule has 1 aromatic carbocycles. The van der Waals surface area contributed by atoms with E-state index in [4.69, 9.17) is 10.7 Å². The van der Waals surface area contributed by atoms with Gasteiger partial charge in [0.05, 0.1) is 4.90 Å². The maximum atomic E-state index is 11.9. The van der Waals surface area contributed by atoms with Crippen LogP contribution in [0.2, 0.25) is 0 Å². The number of benzene rings is 1. The Hall–Kier alpha value is -0.920. The summed E-state index contributed by atoms with van der Waals surface area (Å²) in [6.45, 7) is 3.75. The lowest BCUT2D eigenvalue weighted by atomic mass is 10.1. The summed E-state index contributed by atoms with van der Waals surface area (Å²) in [6, 6.07) is 4.18. The topological polar surface area (TPSA) is 80.3 Å². The van der Waals surface area contributed by atoms with Gasteiger partial charge in [-0.2, -0.15) is 0 Å². The molecule has 1 aromatic rings. The second kappa shape index (κ2) is 7.19. The first kappa shape index (κ1) is 17.1. The molecule has 0 spiro atoms. The zero-order valence-corrected chi connectivity index (χ0v) is 13.6. The highest BCUT2D eigenvalue weighted by Gasteiger charge is 2.14. The molecule has 0 aromatic heterocycles. The molecule has 0 aliphatic heterocycles. The van der Waals surface area contributed by atoms with Gasteiger partial charge < -0.3 is 5.32 Å². The number of hydrogen-bond donors (Lipinski definition) is 1. The van der Waals surface area contributed by atoms with Gasteiger partial charge in [0.15, 0.2) is 0 Å². The predicted molar refractivity (Wildman–Crippen MR) is 80.1 cm³/mol. The molecular formula is C12H16ClNO4S2. The average molecular weight is 338 g/mol. The van der Waals surface area contributed by atoms with Crippen molar-refractivity contribution < 1.29 is 17.4 Å². The highest BCUT2D eigenvalue weighted by molar-refractivity contribution is 8.13. The summed E-state index contributed by atoms with van der Waals surface area (Å²) in [5.74, 6) is 0.493. The molecule has 0 heterocycles. The Morgan fingerprint density at radius 3 is 2.55 bits per heavy atom. The van der Waals surface area contributed by atoms with Gasteiger partial charge in [-0.25, -0.2) is 8.42 Å². The Kier molecular flexibility index (Phi) is 6.16. The third kappa shape index (κ3) is 5.22. The number of hydrogen-bond acceptors (Lipinski definition) is 4. The molecular weight excluding hydrogens is 322 g/mol. The van der Waals surface area contributed by atoms with Crippen LogP contribution in [0, 0.1) is 6.92 Å². The minimum atomic E-state index is -3.88. The monoisotopic (exact) mass is 337 g/mol. The van der Waals surface area contributed by atoms with E-state index in [9.17, 15) is 17.4 Å². The number of aryl methyl sites for hydroxylation is 1. The third-order valence-electron chi connectivity index (χ3n) is 2.53. The van der Waals surface area contributed by atoms with Gasteiger partial charge >= 0.3 is 0 Å². The summed E-state index contributed by atoms with van der Waals surface area (Å²) in [5, 5.41) is 2.60. The van der Waals surface area contributed by atoms with Gasteiger partial charge in [-0.1, -0.05) is 6.92 Å². The van der Waals surface area contributed by atoms with E-state index in [2.05, 4.69) is 5.32 Å². The van der Waals surface area contributed by atoms with Crippen molar-refractivity contribution in [2.75, 3.05) is 18.1 Å². The minimum Gasteiger partial charge on any atom is -0.351 e. The van der Waals surface area contributed by atoms with Crippen molar-refractivity contribution in [1.82, 2.24) is 5.32 Å². The van der Waals surface area contributed by atoms with E-state index in [0.29, 0.717) is 17.1 Å². The van der Waals surface area contributed by atoms with E-state index in [1.807, 2.05) is 0 Å². The SMILES string of the molecule is CCS(=O)CCNC(=O)c1cc(C)cc(S(=O)(=O)Cl)c1. The Morgan fingerprint density at radius 2 is 2.00 bits per heavy atom. The Bertz CT molecular complexity index is 628. The van der Waals surface area contributed by atoms with Crippen molar-refractivity contribution in [1.29, 1.82) is 0 Å². The molecule has 112 valence electrons. The lowest BCUT2D eigenvalue weighted by molar-refractivity contribution is 0.0956. The van der Waals surface area contributed by atoms with Crippen LogP contribution < -0.4 is 5.32 Å². The van der Waals surface area contributed by atoms with Crippen molar-refractivity contribution in [3.05, 3.63) is 29.3 Å². The fraction of sp³-hybridized carbons (Fsp3) is 0.417. The number of carbonyl (C=O) groups is 1. The second-order valence-electron chi connectivity index (χ2n) is 4.16. The number of amides is 1. The van der Waals surface area contributed by atoms with E-state index < -0.39 is 25.8 Å². The quantitative estimate of drug-likeness (QED) is 0.796. The first-order valence-corrected chi connectivity index (χ1v) is 9.73. The van der Waals surface area contributed by atoms with Crippen LogP contribution in [0.25, 0.3) is 0 Å². The molecule has 8 heteroatoms. The van der Waals surface area contributed by atoms with Crippen molar-refractivity contribution in [3.63, 3.8) is 0 Å². The number of carbonyl (C=O) groups excluding carboxylic acids is 1. The zero-order chi connectivity index (χ0) is 15.3. The van der Waals surface area contributed by atoms with Gasteiger partial charge in [0.1, 0.15) is 0 Å². The van der Waals surface area contributed by atoms with Crippen molar-refractivity contribution in [2.24, 2.45) is 0 Å². The molecule has 1 N–H and O–H groups in total. The first-order valence-electron chi connectivity index (χ1n) is 5.93. The predicted octanol–water partition coefficient (Wildman–Crippen LogP) is 1.42. The smallest absolute Gasteiger partial charge is 0.261 e. The molecule has 0 fully saturated rings. The lowest BCUT2D eigenvalue weighted by Gasteiger charge is -2.07. The van der Waals surface area contributed by atoms with Gasteiger partial charge in [-0.3, -0.25) is 9.00 Å². The van der Waals surface area contributed by atoms with Crippen molar-refractivity contribution in [2.45, 2.75) is 18.7 Å². The molecule has 0 aliphatic rings. The van der Waals surface area contributed by atoms with Gasteiger partial charge in [0.2, 0.25) is 0 Å². The molecule has 5 nitrogen and oxygen atoms in total. The number of rotatable bonds is 6. The summed E-state index contributed by atoms with van der Waals surface area (Å²) >= 11 is 0. The van der Waals surface area contributed by atoms with E-state index >= 15 is 0 Å². The molecule has 1 atom stereocenters. The molecule has 0 bridgehead atoms. The highest BCUT2D eigenvalue weighted by atomic mass is 35.7. The molecule has 1 unspecified atom stereocenters. The maximum Gasteiger partial charge on any atom is 0.261 e. The van der Waals surface area contributed by atoms with Gasteiger partial charge in [0, 0.05) is 45.1 Å². The van der Waals surface area contributed by atoms with Crippen LogP contribution in [0.3, 0.4) is 0 Å². The van der Waals surface area contributed by atoms with Crippen LogP contribution in [0.15, 0.2) is 23.1 Å². The molecule has 0 saturated heterocycles. The Balaban J connectivity index is 2.83. The largest absolute Gasteiger partial charge is 0.351 e. The molecule has 1 amide bonds. The number of nitrogens with one attached hydrogen (secondary N) is 1. The Morgan fingerprint density at radius 1 is 1.35 bits per heavy atom. The normalized spacial score (nSPS) is 12.9. The summed E-state index contributed by atoms with van der Waals surface area (Å²) < 4.78 is 33.8. The fourth-order valence-electron chi connectivity index (χ4n) is 1.54. The van der Waals surface area contributed by atoms with Crippen LogP contribution in [-0.2, 0) is 19.9 Å². The average Bonchev–Trinajstić information content (AvgIpc) is 2.36. The number of halogens is 1. The maximum absolute atomic E-state index is 11.9. The van der Waals surface area contributed by atoms with Crippen LogP contribution in [0.4, 0.5) is 0 Å². The van der Waals surface area contributed by atoms with Crippen molar-refractivity contribution in [3.8, 4) is 0 Å². The van der Waals surface area contributed by atoms with E-state index in [1.165, 1.54) is 12.1 Å². The van der Waals surface area contributed by atoms with Gasteiger partial charge in [-0.05, 0) is 30.7 Å². The molecule has 0 radical (unpaired) electrons. The van der Waals surface area contributed by atoms with E-state index in [0.717, 1.165) is 0 Å². The summed E-state index contributed by atoms with van der Waals surface area (Å²) in [6.07, 6.45) is 0. The lowest BCUT2D eigenvalue weighted by Crippen LogP contribution is -2.28. The molecule has 20 heavy (non-hydrogen) atoms. The third-order valence-corrected chi connectivity index (χ3v) is 5.17. The van der Waals surface area contributed by atoms with Crippen LogP contribution >= 0.6 is 10.7 Å². The summed E-state index contributed by atoms with van der Waals surface area (Å²) in [7, 11) is 0.442. The highest BCUT2D eigenvalue weighted by Crippen LogP contribution is 2.18. The second-order valence-corrected chi connectivity index (χ2v) is 8.59. The van der Waals surface area contributed by atoms with Gasteiger partial charge in [0.25, 0.3) is 15.0 Å². The first-order chi connectivity index (χ1) is 9.24. The molecule has 0 saturated carbocycles. The van der Waals surface area contributed by atoms with Crippen molar-refractivity contribution >= 4 is 36.4 Å². The zero-order valence-electron chi connectivity index (χ0n) is 11.2. The van der Waals surface area contributed by atoms with Crippen LogP contribution in [-0.4, -0.2) is 36.6 Å². The standard InChI is InChI=1S/C12H16ClNO4S2/c1-3-19(16)5-4-14-12(15)10-6-9(2)7-11(8-10)20(13,17)18/h6-8H,3-5H2,1-2H3,(H,14,15). The Labute approximate surface area is 125 Å². The minimum absolute atomic E-state index is 0.110. The van der Waals surface area contributed by atoms with Crippen LogP contribution in [0.1, 0.15) is 22.8 Å². The van der Waals surface area contributed by atoms with E-state index in [1.54, 1.807) is 19.9 Å². The molecule has 0 aliphatic carbocycles. The van der Waals surface area contributed by atoms with E-state index in [-0.39, 0.29) is 17.0 Å². The summed E-state index contributed by atoms with van der Waals surface area (Å²) in [5.41, 5.74) is 0.834. The fourth-order valence-corrected chi connectivity index (χ4v) is 3.02. The van der Waals surface area contributed by atoms with Crippen LogP contribution in [0.5, 0.6) is 0 Å². The van der Waals surface area contributed by atoms with Gasteiger partial charge in [-0.15, -0.1) is 0 Å². The molecule has 1 rings (SSSR count). The summed E-state index contributed by atoms with van der Waals surface area (Å²) in [4.78, 5) is 11.8.